The highest BCUT2D eigenvalue weighted by atomic mass is 16.6. The van der Waals surface area contributed by atoms with Crippen LogP contribution in [0.5, 0.6) is 0 Å². The Hall–Kier alpha value is -1.30. The van der Waals surface area contributed by atoms with Crippen molar-refractivity contribution in [3.63, 3.8) is 0 Å². The van der Waals surface area contributed by atoms with Crippen LogP contribution in [-0.2, 0) is 9.53 Å². The van der Waals surface area contributed by atoms with Gasteiger partial charge in [0.1, 0.15) is 0 Å². The van der Waals surface area contributed by atoms with Crippen LogP contribution in [0.4, 0.5) is 4.79 Å². The highest BCUT2D eigenvalue weighted by Gasteiger charge is 2.25. The first kappa shape index (κ1) is 14.1. The molecule has 0 bridgehead atoms. The molecule has 1 aliphatic carbocycles. The fraction of sp³-hybridized carbons (Fsp3) is 0.846. The second kappa shape index (κ2) is 6.75. The van der Waals surface area contributed by atoms with E-state index in [2.05, 4.69) is 5.32 Å². The van der Waals surface area contributed by atoms with E-state index < -0.39 is 0 Å². The molecule has 1 aliphatic heterocycles. The van der Waals surface area contributed by atoms with Gasteiger partial charge in [-0.1, -0.05) is 0 Å². The van der Waals surface area contributed by atoms with Crippen molar-refractivity contribution in [1.29, 1.82) is 0 Å². The summed E-state index contributed by atoms with van der Waals surface area (Å²) in [6.45, 7) is 5.32. The van der Waals surface area contributed by atoms with Crippen molar-refractivity contribution >= 4 is 12.0 Å². The predicted molar refractivity (Wildman–Crippen MR) is 70.8 cm³/mol. The fourth-order valence-corrected chi connectivity index (χ4v) is 2.18. The third kappa shape index (κ3) is 4.38. The van der Waals surface area contributed by atoms with E-state index in [9.17, 15) is 9.59 Å². The lowest BCUT2D eigenvalue weighted by Gasteiger charge is -2.34. The van der Waals surface area contributed by atoms with E-state index in [0.29, 0.717) is 45.2 Å². The molecule has 108 valence electrons. The van der Waals surface area contributed by atoms with Crippen LogP contribution >= 0.6 is 0 Å². The molecular formula is C13H23N3O3. The first-order valence-electron chi connectivity index (χ1n) is 7.13. The van der Waals surface area contributed by atoms with Crippen molar-refractivity contribution in [2.75, 3.05) is 39.3 Å². The minimum atomic E-state index is -0.273. The third-order valence-electron chi connectivity index (χ3n) is 3.51. The minimum absolute atomic E-state index is 0.177. The summed E-state index contributed by atoms with van der Waals surface area (Å²) in [5.74, 6) is 0.177. The summed E-state index contributed by atoms with van der Waals surface area (Å²) in [4.78, 5) is 27.0. The molecule has 2 fully saturated rings. The molecule has 6 heteroatoms. The lowest BCUT2D eigenvalue weighted by molar-refractivity contribution is -0.132. The number of rotatable bonds is 5. The van der Waals surface area contributed by atoms with Crippen molar-refractivity contribution in [2.45, 2.75) is 32.2 Å². The number of piperazine rings is 1. The van der Waals surface area contributed by atoms with E-state index in [4.69, 9.17) is 4.74 Å². The highest BCUT2D eigenvalue weighted by Crippen LogP contribution is 2.18. The maximum atomic E-state index is 12.0. The number of hydrogen-bond donors (Lipinski definition) is 1. The molecule has 2 aliphatic rings. The number of carbonyl (C=O) groups is 2. The molecule has 0 radical (unpaired) electrons. The second-order valence-electron chi connectivity index (χ2n) is 5.05. The van der Waals surface area contributed by atoms with Gasteiger partial charge in [-0.3, -0.25) is 4.79 Å². The number of ether oxygens (including phenoxy) is 1. The summed E-state index contributed by atoms with van der Waals surface area (Å²) in [7, 11) is 0. The molecular weight excluding hydrogens is 246 g/mol. The van der Waals surface area contributed by atoms with Gasteiger partial charge in [0.2, 0.25) is 5.91 Å². The molecule has 1 saturated carbocycles. The average molecular weight is 269 g/mol. The van der Waals surface area contributed by atoms with Crippen molar-refractivity contribution in [3.8, 4) is 0 Å². The molecule has 0 unspecified atom stereocenters. The van der Waals surface area contributed by atoms with Crippen LogP contribution < -0.4 is 5.32 Å². The smallest absolute Gasteiger partial charge is 0.409 e. The summed E-state index contributed by atoms with van der Waals surface area (Å²) >= 11 is 0. The SMILES string of the molecule is CCOC(=O)N1CCN(C(=O)CCNC2CC2)CC1. The molecule has 0 atom stereocenters. The Kier molecular flexibility index (Phi) is 5.01. The lowest BCUT2D eigenvalue weighted by Crippen LogP contribution is -2.51. The minimum Gasteiger partial charge on any atom is -0.450 e. The predicted octanol–water partition coefficient (Wildman–Crippen LogP) is 0.429. The van der Waals surface area contributed by atoms with Crippen molar-refractivity contribution in [2.24, 2.45) is 0 Å². The van der Waals surface area contributed by atoms with Crippen LogP contribution in [0, 0.1) is 0 Å². The van der Waals surface area contributed by atoms with Gasteiger partial charge in [0.25, 0.3) is 0 Å². The molecule has 0 aromatic heterocycles. The molecule has 19 heavy (non-hydrogen) atoms. The van der Waals surface area contributed by atoms with Gasteiger partial charge in [0.05, 0.1) is 6.61 Å². The van der Waals surface area contributed by atoms with E-state index in [1.165, 1.54) is 12.8 Å². The Labute approximate surface area is 114 Å². The first-order valence-corrected chi connectivity index (χ1v) is 7.13. The van der Waals surface area contributed by atoms with Gasteiger partial charge in [-0.05, 0) is 19.8 Å². The van der Waals surface area contributed by atoms with Crippen LogP contribution in [0.3, 0.4) is 0 Å². The summed E-state index contributed by atoms with van der Waals surface area (Å²) in [6.07, 6.45) is 2.76. The summed E-state index contributed by atoms with van der Waals surface area (Å²) in [5.41, 5.74) is 0. The van der Waals surface area contributed by atoms with Crippen LogP contribution in [0.1, 0.15) is 26.2 Å². The Morgan fingerprint density at radius 1 is 1.16 bits per heavy atom. The maximum absolute atomic E-state index is 12.0. The molecule has 1 heterocycles. The Morgan fingerprint density at radius 2 is 1.79 bits per heavy atom. The van der Waals surface area contributed by atoms with Gasteiger partial charge in [0.15, 0.2) is 0 Å². The van der Waals surface area contributed by atoms with Crippen LogP contribution in [0.15, 0.2) is 0 Å². The third-order valence-corrected chi connectivity index (χ3v) is 3.51. The van der Waals surface area contributed by atoms with Crippen LogP contribution in [-0.4, -0.2) is 67.2 Å². The highest BCUT2D eigenvalue weighted by molar-refractivity contribution is 5.77. The van der Waals surface area contributed by atoms with Gasteiger partial charge in [0, 0.05) is 45.2 Å². The van der Waals surface area contributed by atoms with E-state index >= 15 is 0 Å². The first-order chi connectivity index (χ1) is 9.20. The Balaban J connectivity index is 1.63. The largest absolute Gasteiger partial charge is 0.450 e. The number of nitrogens with zero attached hydrogens (tertiary/aromatic N) is 2. The zero-order chi connectivity index (χ0) is 13.7. The molecule has 1 N–H and O–H groups in total. The number of amides is 2. The monoisotopic (exact) mass is 269 g/mol. The molecule has 1 saturated heterocycles. The quantitative estimate of drug-likeness (QED) is 0.786. The molecule has 2 amide bonds. The second-order valence-corrected chi connectivity index (χ2v) is 5.05. The topological polar surface area (TPSA) is 61.9 Å². The zero-order valence-corrected chi connectivity index (χ0v) is 11.6. The van der Waals surface area contributed by atoms with E-state index in [1.54, 1.807) is 11.8 Å². The van der Waals surface area contributed by atoms with Gasteiger partial charge >= 0.3 is 6.09 Å². The van der Waals surface area contributed by atoms with Crippen molar-refractivity contribution < 1.29 is 14.3 Å². The van der Waals surface area contributed by atoms with Crippen molar-refractivity contribution in [3.05, 3.63) is 0 Å². The molecule has 6 nitrogen and oxygen atoms in total. The number of nitrogens with one attached hydrogen (secondary N) is 1. The maximum Gasteiger partial charge on any atom is 0.409 e. The fourth-order valence-electron chi connectivity index (χ4n) is 2.18. The lowest BCUT2D eigenvalue weighted by atomic mass is 10.3. The Morgan fingerprint density at radius 3 is 2.37 bits per heavy atom. The molecule has 0 aromatic rings. The number of carbonyl (C=O) groups excluding carboxylic acids is 2. The summed E-state index contributed by atoms with van der Waals surface area (Å²) < 4.78 is 4.95. The van der Waals surface area contributed by atoms with Gasteiger partial charge in [-0.2, -0.15) is 0 Å². The summed E-state index contributed by atoms with van der Waals surface area (Å²) in [6, 6.07) is 0.647. The molecule has 2 rings (SSSR count). The van der Waals surface area contributed by atoms with Crippen LogP contribution in [0.25, 0.3) is 0 Å². The van der Waals surface area contributed by atoms with Gasteiger partial charge in [-0.25, -0.2) is 4.79 Å². The standard InChI is InChI=1S/C13H23N3O3/c1-2-19-13(18)16-9-7-15(8-10-16)12(17)5-6-14-11-3-4-11/h11,14H,2-10H2,1H3. The van der Waals surface area contributed by atoms with Gasteiger partial charge < -0.3 is 19.9 Å². The molecule has 0 spiro atoms. The average Bonchev–Trinajstić information content (AvgIpc) is 3.23. The number of hydrogen-bond acceptors (Lipinski definition) is 4. The summed E-state index contributed by atoms with van der Waals surface area (Å²) in [5, 5.41) is 3.34. The normalized spacial score (nSPS) is 19.4. The van der Waals surface area contributed by atoms with E-state index in [1.807, 2.05) is 4.90 Å². The van der Waals surface area contributed by atoms with Crippen molar-refractivity contribution in [1.82, 2.24) is 15.1 Å². The molecule has 0 aromatic carbocycles. The van der Waals surface area contributed by atoms with E-state index in [-0.39, 0.29) is 12.0 Å². The van der Waals surface area contributed by atoms with Crippen LogP contribution in [0.2, 0.25) is 0 Å². The van der Waals surface area contributed by atoms with E-state index in [0.717, 1.165) is 6.54 Å². The zero-order valence-electron chi connectivity index (χ0n) is 11.6. The Bertz CT molecular complexity index is 323. The van der Waals surface area contributed by atoms with Gasteiger partial charge in [-0.15, -0.1) is 0 Å².